The van der Waals surface area contributed by atoms with Crippen molar-refractivity contribution in [3.8, 4) is 0 Å². The molecule has 1 amide bonds. The number of esters is 1. The van der Waals surface area contributed by atoms with Crippen molar-refractivity contribution in [2.45, 2.75) is 379 Å². The number of aliphatic hydroxyl groups is 2. The summed E-state index contributed by atoms with van der Waals surface area (Å²) < 4.78 is 5.48. The molecule has 2 unspecified atom stereocenters. The van der Waals surface area contributed by atoms with Gasteiger partial charge in [-0.1, -0.05) is 326 Å². The van der Waals surface area contributed by atoms with Gasteiger partial charge in [-0.15, -0.1) is 0 Å². The molecule has 0 heterocycles. The zero-order valence-corrected chi connectivity index (χ0v) is 50.5. The summed E-state index contributed by atoms with van der Waals surface area (Å²) in [5.41, 5.74) is 0. The van der Waals surface area contributed by atoms with E-state index >= 15 is 0 Å². The molecular weight excluding hydrogens is 923 g/mol. The fraction of sp³-hybridized carbons (Fsp3) is 0.884. The summed E-state index contributed by atoms with van der Waals surface area (Å²) in [6, 6.07) is -0.632. The number of allylic oxidation sites excluding steroid dienone is 5. The standard InChI is InChI=1S/C69H131NO5/c1-3-5-7-9-11-13-15-17-19-20-21-22-23-24-25-27-30-34-37-41-45-49-53-57-61-67(72)66(65-71)70-68(73)62-58-54-50-46-42-38-35-31-28-26-29-32-36-40-44-48-52-56-60-64-75-69(74)63-59-55-51-47-43-39-33-18-16-14-12-10-8-6-4-2/h12,14,18,33,57,61,66-67,71-72H,3-11,13,15-17,19-32,34-56,58-60,62-65H2,1-2H3,(H,70,73)/b14-12-,33-18-,61-57+. The predicted molar refractivity (Wildman–Crippen MR) is 329 cm³/mol. The van der Waals surface area contributed by atoms with Crippen LogP contribution in [0.5, 0.6) is 0 Å². The van der Waals surface area contributed by atoms with Gasteiger partial charge >= 0.3 is 5.97 Å². The third kappa shape index (κ3) is 61.2. The van der Waals surface area contributed by atoms with E-state index in [0.717, 1.165) is 51.4 Å². The topological polar surface area (TPSA) is 95.9 Å². The lowest BCUT2D eigenvalue weighted by Gasteiger charge is -2.20. The molecule has 3 N–H and O–H groups in total. The minimum Gasteiger partial charge on any atom is -0.466 e. The van der Waals surface area contributed by atoms with Crippen LogP contribution in [0.1, 0.15) is 367 Å². The molecule has 0 bridgehead atoms. The zero-order chi connectivity index (χ0) is 54.3. The molecule has 0 aromatic rings. The van der Waals surface area contributed by atoms with E-state index in [4.69, 9.17) is 4.74 Å². The van der Waals surface area contributed by atoms with Gasteiger partial charge in [0.1, 0.15) is 0 Å². The normalized spacial score (nSPS) is 12.7. The number of rotatable bonds is 63. The molecule has 442 valence electrons. The SMILES string of the molecule is CCCCC/C=C\C/C=C\CCCCCCCC(=O)OCCCCCCCCCCCCCCCCCCCCCC(=O)NC(CO)C(O)/C=C/CCCCCCCCCCCCCCCCCCCCCCCC. The Morgan fingerprint density at radius 3 is 1.04 bits per heavy atom. The van der Waals surface area contributed by atoms with Gasteiger partial charge < -0.3 is 20.3 Å². The number of carbonyl (C=O) groups is 2. The number of amides is 1. The van der Waals surface area contributed by atoms with Crippen LogP contribution in [-0.2, 0) is 14.3 Å². The number of unbranched alkanes of at least 4 members (excludes halogenated alkanes) is 48. The highest BCUT2D eigenvalue weighted by Crippen LogP contribution is 2.18. The summed E-state index contributed by atoms with van der Waals surface area (Å²) in [5.74, 6) is -0.0727. The van der Waals surface area contributed by atoms with Crippen molar-refractivity contribution in [2.75, 3.05) is 13.2 Å². The zero-order valence-electron chi connectivity index (χ0n) is 50.5. The van der Waals surface area contributed by atoms with Gasteiger partial charge in [0, 0.05) is 12.8 Å². The van der Waals surface area contributed by atoms with Gasteiger partial charge in [-0.2, -0.15) is 0 Å². The second-order valence-corrected chi connectivity index (χ2v) is 23.2. The van der Waals surface area contributed by atoms with E-state index in [2.05, 4.69) is 43.5 Å². The first-order chi connectivity index (χ1) is 37.0. The van der Waals surface area contributed by atoms with Crippen molar-refractivity contribution in [1.82, 2.24) is 5.32 Å². The predicted octanol–water partition coefficient (Wildman–Crippen LogP) is 21.5. The van der Waals surface area contributed by atoms with Crippen LogP contribution < -0.4 is 5.32 Å². The number of hydrogen-bond donors (Lipinski definition) is 3. The lowest BCUT2D eigenvalue weighted by molar-refractivity contribution is -0.143. The minimum atomic E-state index is -0.849. The maximum absolute atomic E-state index is 12.5. The Morgan fingerprint density at radius 1 is 0.373 bits per heavy atom. The Labute approximate surface area is 468 Å². The molecule has 75 heavy (non-hydrogen) atoms. The van der Waals surface area contributed by atoms with Gasteiger partial charge in [-0.3, -0.25) is 9.59 Å². The molecule has 6 nitrogen and oxygen atoms in total. The fourth-order valence-electron chi connectivity index (χ4n) is 10.5. The quantitative estimate of drug-likeness (QED) is 0.0320. The Hall–Kier alpha value is -1.92. The van der Waals surface area contributed by atoms with E-state index in [1.807, 2.05) is 6.08 Å². The van der Waals surface area contributed by atoms with Gasteiger partial charge in [-0.25, -0.2) is 0 Å². The number of aliphatic hydroxyl groups excluding tert-OH is 2. The number of hydrogen-bond acceptors (Lipinski definition) is 5. The third-order valence-electron chi connectivity index (χ3n) is 15.7. The molecule has 0 aliphatic heterocycles. The van der Waals surface area contributed by atoms with Crippen molar-refractivity contribution in [2.24, 2.45) is 0 Å². The van der Waals surface area contributed by atoms with Crippen molar-refractivity contribution >= 4 is 11.9 Å². The molecule has 2 atom stereocenters. The fourth-order valence-corrected chi connectivity index (χ4v) is 10.5. The summed E-state index contributed by atoms with van der Waals surface area (Å²) in [6.07, 6.45) is 82.0. The molecule has 0 aromatic heterocycles. The molecule has 0 spiro atoms. The van der Waals surface area contributed by atoms with Crippen molar-refractivity contribution in [1.29, 1.82) is 0 Å². The van der Waals surface area contributed by atoms with Crippen LogP contribution in [0.3, 0.4) is 0 Å². The van der Waals surface area contributed by atoms with Gasteiger partial charge in [-0.05, 0) is 64.2 Å². The summed E-state index contributed by atoms with van der Waals surface area (Å²) >= 11 is 0. The number of ether oxygens (including phenoxy) is 1. The average Bonchev–Trinajstić information content (AvgIpc) is 3.41. The van der Waals surface area contributed by atoms with Gasteiger partial charge in [0.15, 0.2) is 0 Å². The first-order valence-corrected chi connectivity index (χ1v) is 33.8. The molecule has 0 aliphatic rings. The Kier molecular flexibility index (Phi) is 63.0. The molecule has 0 saturated heterocycles. The lowest BCUT2D eigenvalue weighted by atomic mass is 10.0. The summed E-state index contributed by atoms with van der Waals surface area (Å²) in [5, 5.41) is 23.3. The van der Waals surface area contributed by atoms with Crippen molar-refractivity contribution < 1.29 is 24.5 Å². The molecule has 6 heteroatoms. The second-order valence-electron chi connectivity index (χ2n) is 23.2. The molecule has 0 radical (unpaired) electrons. The smallest absolute Gasteiger partial charge is 0.305 e. The Balaban J connectivity index is 3.44. The maximum atomic E-state index is 12.5. The molecular formula is C69H131NO5. The summed E-state index contributed by atoms with van der Waals surface area (Å²) in [7, 11) is 0. The van der Waals surface area contributed by atoms with Gasteiger partial charge in [0.05, 0.1) is 25.4 Å². The molecule has 0 fully saturated rings. The third-order valence-corrected chi connectivity index (χ3v) is 15.7. The minimum absolute atomic E-state index is 0.00514. The van der Waals surface area contributed by atoms with E-state index in [9.17, 15) is 19.8 Å². The van der Waals surface area contributed by atoms with Crippen LogP contribution in [-0.4, -0.2) is 47.4 Å². The first kappa shape index (κ1) is 73.1. The van der Waals surface area contributed by atoms with Crippen LogP contribution in [0.25, 0.3) is 0 Å². The summed E-state index contributed by atoms with van der Waals surface area (Å²) in [4.78, 5) is 24.6. The molecule has 0 saturated carbocycles. The largest absolute Gasteiger partial charge is 0.466 e. The average molecular weight is 1050 g/mol. The molecule has 0 rings (SSSR count). The Bertz CT molecular complexity index is 1210. The van der Waals surface area contributed by atoms with Crippen LogP contribution in [0.2, 0.25) is 0 Å². The first-order valence-electron chi connectivity index (χ1n) is 33.8. The molecule has 0 aromatic carbocycles. The van der Waals surface area contributed by atoms with E-state index in [-0.39, 0.29) is 18.5 Å². The van der Waals surface area contributed by atoms with Crippen LogP contribution >= 0.6 is 0 Å². The molecule has 0 aliphatic carbocycles. The van der Waals surface area contributed by atoms with E-state index < -0.39 is 12.1 Å². The Morgan fingerprint density at radius 2 is 0.667 bits per heavy atom. The van der Waals surface area contributed by atoms with Crippen LogP contribution in [0.4, 0.5) is 0 Å². The lowest BCUT2D eigenvalue weighted by Crippen LogP contribution is -2.45. The van der Waals surface area contributed by atoms with E-state index in [0.29, 0.717) is 19.4 Å². The van der Waals surface area contributed by atoms with Crippen LogP contribution in [0, 0.1) is 0 Å². The second kappa shape index (κ2) is 64.6. The highest BCUT2D eigenvalue weighted by molar-refractivity contribution is 5.76. The van der Waals surface area contributed by atoms with E-state index in [1.165, 1.54) is 289 Å². The monoisotopic (exact) mass is 1050 g/mol. The highest BCUT2D eigenvalue weighted by atomic mass is 16.5. The highest BCUT2D eigenvalue weighted by Gasteiger charge is 2.18. The number of carbonyl (C=O) groups excluding carboxylic acids is 2. The van der Waals surface area contributed by atoms with Crippen molar-refractivity contribution in [3.05, 3.63) is 36.5 Å². The number of nitrogens with one attached hydrogen (secondary N) is 1. The van der Waals surface area contributed by atoms with E-state index in [1.54, 1.807) is 6.08 Å². The van der Waals surface area contributed by atoms with Crippen molar-refractivity contribution in [3.63, 3.8) is 0 Å². The van der Waals surface area contributed by atoms with Crippen LogP contribution in [0.15, 0.2) is 36.5 Å². The van der Waals surface area contributed by atoms with Gasteiger partial charge in [0.25, 0.3) is 0 Å². The maximum Gasteiger partial charge on any atom is 0.305 e. The summed E-state index contributed by atoms with van der Waals surface area (Å²) in [6.45, 7) is 4.89. The van der Waals surface area contributed by atoms with Gasteiger partial charge in [0.2, 0.25) is 5.91 Å².